The molecule has 5 rings (SSSR count). The predicted octanol–water partition coefficient (Wildman–Crippen LogP) is 2.20. The molecule has 2 amide bonds. The number of carbonyl (C=O) groups is 2. The van der Waals surface area contributed by atoms with Crippen molar-refractivity contribution >= 4 is 39.2 Å². The number of aromatic nitrogens is 2. The number of aliphatic hydroxyl groups excluding tert-OH is 1. The minimum absolute atomic E-state index is 0.0511. The van der Waals surface area contributed by atoms with Gasteiger partial charge in [0.1, 0.15) is 4.88 Å². The number of benzene rings is 1. The Kier molecular flexibility index (Phi) is 6.29. The molecule has 0 saturated carbocycles. The van der Waals surface area contributed by atoms with Gasteiger partial charge in [0.05, 0.1) is 31.6 Å². The number of nitrogens with zero attached hydrogens (tertiary/aromatic N) is 3. The number of carbonyl (C=O) groups excluding carboxylic acids is 2. The number of amides is 2. The highest BCUT2D eigenvalue weighted by Crippen LogP contribution is 2.34. The van der Waals surface area contributed by atoms with Gasteiger partial charge in [-0.2, -0.15) is 0 Å². The van der Waals surface area contributed by atoms with Crippen LogP contribution >= 0.6 is 11.3 Å². The molecule has 2 aliphatic heterocycles. The average molecular weight is 498 g/mol. The number of aliphatic hydroxyl groups is 1. The van der Waals surface area contributed by atoms with Gasteiger partial charge in [0, 0.05) is 54.8 Å². The van der Waals surface area contributed by atoms with Crippen molar-refractivity contribution in [2.24, 2.45) is 0 Å². The number of likely N-dealkylation sites (N-methyl/N-ethyl adjacent to an activating group) is 1. The van der Waals surface area contributed by atoms with E-state index in [0.717, 1.165) is 27.3 Å². The number of hydrogen-bond donors (Lipinski definition) is 3. The molecule has 1 fully saturated rings. The molecule has 1 saturated heterocycles. The van der Waals surface area contributed by atoms with Crippen molar-refractivity contribution in [2.45, 2.75) is 38.3 Å². The van der Waals surface area contributed by atoms with Gasteiger partial charge >= 0.3 is 0 Å². The lowest BCUT2D eigenvalue weighted by atomic mass is 9.94. The van der Waals surface area contributed by atoms with Gasteiger partial charge in [0.15, 0.2) is 5.13 Å². The molecule has 2 aliphatic rings. The number of morpholine rings is 1. The van der Waals surface area contributed by atoms with E-state index in [2.05, 4.69) is 15.2 Å². The molecule has 2 aromatic heterocycles. The lowest BCUT2D eigenvalue weighted by molar-refractivity contribution is 0.0766. The van der Waals surface area contributed by atoms with Crippen molar-refractivity contribution < 1.29 is 19.4 Å². The highest BCUT2D eigenvalue weighted by molar-refractivity contribution is 7.17. The van der Waals surface area contributed by atoms with E-state index < -0.39 is 0 Å². The zero-order chi connectivity index (χ0) is 24.7. The monoisotopic (exact) mass is 497 g/mol. The number of fused-ring (bicyclic) bond motifs is 2. The van der Waals surface area contributed by atoms with Crippen LogP contribution in [-0.4, -0.2) is 83.3 Å². The van der Waals surface area contributed by atoms with Crippen LogP contribution in [0.2, 0.25) is 0 Å². The Morgan fingerprint density at radius 3 is 3.03 bits per heavy atom. The van der Waals surface area contributed by atoms with E-state index in [9.17, 15) is 9.59 Å². The molecule has 0 bridgehead atoms. The summed E-state index contributed by atoms with van der Waals surface area (Å²) < 4.78 is 5.83. The number of H-pyrrole nitrogens is 1. The Hall–Kier alpha value is -2.95. The van der Waals surface area contributed by atoms with Gasteiger partial charge in [-0.25, -0.2) is 4.98 Å². The second-order valence-corrected chi connectivity index (χ2v) is 10.9. The Morgan fingerprint density at radius 2 is 2.23 bits per heavy atom. The molecule has 10 heteroatoms. The second-order valence-electron chi connectivity index (χ2n) is 9.94. The summed E-state index contributed by atoms with van der Waals surface area (Å²) in [6, 6.07) is 5.70. The normalized spacial score (nSPS) is 19.5. The summed E-state index contributed by atoms with van der Waals surface area (Å²) >= 11 is 1.45. The van der Waals surface area contributed by atoms with Crippen LogP contribution in [0.15, 0.2) is 24.4 Å². The summed E-state index contributed by atoms with van der Waals surface area (Å²) in [6.45, 7) is 6.13. The van der Waals surface area contributed by atoms with Crippen LogP contribution in [0.4, 0.5) is 5.13 Å². The average Bonchev–Trinajstić information content (AvgIpc) is 3.42. The number of ether oxygens (including phenoxy) is 1. The summed E-state index contributed by atoms with van der Waals surface area (Å²) in [5.41, 5.74) is 3.22. The Bertz CT molecular complexity index is 1270. The maximum Gasteiger partial charge on any atom is 0.263 e. The van der Waals surface area contributed by atoms with Gasteiger partial charge in [0.2, 0.25) is 0 Å². The van der Waals surface area contributed by atoms with Gasteiger partial charge in [0.25, 0.3) is 11.8 Å². The number of aromatic amines is 1. The first-order chi connectivity index (χ1) is 16.8. The van der Waals surface area contributed by atoms with Crippen molar-refractivity contribution in [3.8, 4) is 0 Å². The van der Waals surface area contributed by atoms with E-state index in [1.165, 1.54) is 16.2 Å². The minimum atomic E-state index is -0.301. The molecule has 3 aromatic rings. The Balaban J connectivity index is 1.41. The Labute approximate surface area is 208 Å². The Morgan fingerprint density at radius 1 is 1.40 bits per heavy atom. The second kappa shape index (κ2) is 9.25. The summed E-state index contributed by atoms with van der Waals surface area (Å²) in [6.07, 6.45) is 3.42. The standard InChI is InChI=1S/C25H31N5O4S/c1-25(2)12-20-21(22(32)28-25)35-24(27-20)30-7-9-34-14-17(30)10-16-13-26-19-5-4-15(11-18(16)19)23(33)29(3)6-8-31/h4-5,11,13,17,26,31H,6-10,12,14H2,1-3H3,(H,28,32)/t17-/m0/s1. The van der Waals surface area contributed by atoms with E-state index >= 15 is 0 Å². The lowest BCUT2D eigenvalue weighted by Crippen LogP contribution is -2.48. The first-order valence-corrected chi connectivity index (χ1v) is 12.7. The van der Waals surface area contributed by atoms with Crippen molar-refractivity contribution in [2.75, 3.05) is 44.9 Å². The largest absolute Gasteiger partial charge is 0.395 e. The summed E-state index contributed by atoms with van der Waals surface area (Å²) in [5, 5.41) is 14.1. The molecule has 3 N–H and O–H groups in total. The fraction of sp³-hybridized carbons (Fsp3) is 0.480. The van der Waals surface area contributed by atoms with E-state index in [1.54, 1.807) is 7.05 Å². The lowest BCUT2D eigenvalue weighted by Gasteiger charge is -2.35. The number of anilines is 1. The van der Waals surface area contributed by atoms with E-state index in [0.29, 0.717) is 43.0 Å². The van der Waals surface area contributed by atoms with Crippen LogP contribution in [0.1, 0.15) is 45.1 Å². The molecular weight excluding hydrogens is 466 g/mol. The summed E-state index contributed by atoms with van der Waals surface area (Å²) in [7, 11) is 1.69. The molecular formula is C25H31N5O4S. The number of rotatable bonds is 6. The molecule has 0 unspecified atom stereocenters. The van der Waals surface area contributed by atoms with Gasteiger partial charge in [-0.3, -0.25) is 9.59 Å². The first-order valence-electron chi connectivity index (χ1n) is 11.9. The molecule has 0 aliphatic carbocycles. The molecule has 4 heterocycles. The van der Waals surface area contributed by atoms with E-state index in [-0.39, 0.29) is 36.5 Å². The van der Waals surface area contributed by atoms with Gasteiger partial charge in [-0.1, -0.05) is 11.3 Å². The molecule has 9 nitrogen and oxygen atoms in total. The van der Waals surface area contributed by atoms with Crippen molar-refractivity contribution in [1.82, 2.24) is 20.2 Å². The number of nitrogens with one attached hydrogen (secondary N) is 2. The molecule has 1 atom stereocenters. The van der Waals surface area contributed by atoms with E-state index in [4.69, 9.17) is 14.8 Å². The van der Waals surface area contributed by atoms with Crippen LogP contribution in [0.3, 0.4) is 0 Å². The first kappa shape index (κ1) is 23.8. The molecule has 0 radical (unpaired) electrons. The zero-order valence-electron chi connectivity index (χ0n) is 20.3. The van der Waals surface area contributed by atoms with Gasteiger partial charge in [-0.15, -0.1) is 0 Å². The summed E-state index contributed by atoms with van der Waals surface area (Å²) in [4.78, 5) is 38.1. The molecule has 186 valence electrons. The van der Waals surface area contributed by atoms with Crippen molar-refractivity contribution in [1.29, 1.82) is 0 Å². The fourth-order valence-corrected chi connectivity index (χ4v) is 5.94. The fourth-order valence-electron chi connectivity index (χ4n) is 4.87. The van der Waals surface area contributed by atoms with Crippen molar-refractivity contribution in [3.63, 3.8) is 0 Å². The topological polar surface area (TPSA) is 111 Å². The predicted molar refractivity (Wildman–Crippen MR) is 135 cm³/mol. The van der Waals surface area contributed by atoms with Crippen LogP contribution in [0.25, 0.3) is 10.9 Å². The molecule has 35 heavy (non-hydrogen) atoms. The van der Waals surface area contributed by atoms with Crippen molar-refractivity contribution in [3.05, 3.63) is 46.1 Å². The molecule has 0 spiro atoms. The van der Waals surface area contributed by atoms with Crippen LogP contribution in [-0.2, 0) is 17.6 Å². The third-order valence-corrected chi connectivity index (χ3v) is 7.81. The summed E-state index contributed by atoms with van der Waals surface area (Å²) in [5.74, 6) is -0.171. The highest BCUT2D eigenvalue weighted by Gasteiger charge is 2.35. The third kappa shape index (κ3) is 4.65. The number of hydrogen-bond acceptors (Lipinski definition) is 7. The van der Waals surface area contributed by atoms with Crippen LogP contribution in [0.5, 0.6) is 0 Å². The molecule has 1 aromatic carbocycles. The minimum Gasteiger partial charge on any atom is -0.395 e. The van der Waals surface area contributed by atoms with Crippen LogP contribution < -0.4 is 10.2 Å². The van der Waals surface area contributed by atoms with Gasteiger partial charge in [-0.05, 0) is 44.0 Å². The van der Waals surface area contributed by atoms with Gasteiger partial charge < -0.3 is 29.9 Å². The maximum atomic E-state index is 12.7. The quantitative estimate of drug-likeness (QED) is 0.482. The zero-order valence-corrected chi connectivity index (χ0v) is 21.1. The maximum absolute atomic E-state index is 12.7. The van der Waals surface area contributed by atoms with Crippen LogP contribution in [0, 0.1) is 0 Å². The highest BCUT2D eigenvalue weighted by atomic mass is 32.1. The number of thiazole rings is 1. The SMILES string of the molecule is CN(CCO)C(=O)c1ccc2[nH]cc(C[C@H]3COCCN3c3nc4c(s3)C(=O)NC(C)(C)C4)c2c1. The third-order valence-electron chi connectivity index (χ3n) is 6.68. The van der Waals surface area contributed by atoms with E-state index in [1.807, 2.05) is 38.2 Å². The smallest absolute Gasteiger partial charge is 0.263 e.